The number of phenolic OH excluding ortho intramolecular Hbond substituents is 1. The summed E-state index contributed by atoms with van der Waals surface area (Å²) in [5.74, 6) is -0.0177. The van der Waals surface area contributed by atoms with Gasteiger partial charge in [0.15, 0.2) is 11.5 Å². The average Bonchev–Trinajstić information content (AvgIpc) is 3.14. The summed E-state index contributed by atoms with van der Waals surface area (Å²) >= 11 is 0. The summed E-state index contributed by atoms with van der Waals surface area (Å²) in [7, 11) is 0. The van der Waals surface area contributed by atoms with Crippen LogP contribution in [-0.2, 0) is 16.1 Å². The fraction of sp³-hybridized carbons (Fsp3) is 0.200. The molecule has 8 nitrogen and oxygen atoms in total. The Hall–Kier alpha value is -3.68. The van der Waals surface area contributed by atoms with E-state index in [0.29, 0.717) is 17.1 Å². The Morgan fingerprint density at radius 2 is 1.93 bits per heavy atom. The maximum absolute atomic E-state index is 12.8. The minimum Gasteiger partial charge on any atom is -0.508 e. The van der Waals surface area contributed by atoms with Crippen LogP contribution in [0.5, 0.6) is 17.2 Å². The van der Waals surface area contributed by atoms with Crippen molar-refractivity contribution in [2.75, 3.05) is 6.79 Å². The molecule has 0 aromatic heterocycles. The number of esters is 1. The first-order valence-electron chi connectivity index (χ1n) is 8.61. The molecular formula is C20H18N2O6. The summed E-state index contributed by atoms with van der Waals surface area (Å²) in [5, 5.41) is 14.7. The van der Waals surface area contributed by atoms with E-state index in [-0.39, 0.29) is 24.8 Å². The third kappa shape index (κ3) is 3.44. The third-order valence-electron chi connectivity index (χ3n) is 4.59. The molecular weight excluding hydrogens is 364 g/mol. The van der Waals surface area contributed by atoms with Crippen LogP contribution in [0.15, 0.2) is 54.7 Å². The van der Waals surface area contributed by atoms with E-state index in [4.69, 9.17) is 14.2 Å². The Balaban J connectivity index is 1.50. The number of urea groups is 1. The molecule has 2 amide bonds. The lowest BCUT2D eigenvalue weighted by Gasteiger charge is -2.33. The van der Waals surface area contributed by atoms with Gasteiger partial charge in [0.2, 0.25) is 6.79 Å². The van der Waals surface area contributed by atoms with E-state index in [9.17, 15) is 14.7 Å². The van der Waals surface area contributed by atoms with Gasteiger partial charge in [0.05, 0.1) is 6.04 Å². The van der Waals surface area contributed by atoms with Crippen molar-refractivity contribution in [3.05, 3.63) is 65.9 Å². The zero-order chi connectivity index (χ0) is 19.7. The molecule has 0 spiro atoms. The van der Waals surface area contributed by atoms with Crippen molar-refractivity contribution in [1.82, 2.24) is 10.6 Å². The Morgan fingerprint density at radius 3 is 2.71 bits per heavy atom. The SMILES string of the molecule is C=C1NC(=O)N[C@H](c2ccc(O)cc2)[C@@H]1C(=O)OCc1ccc2c(c1)OCO2. The lowest BCUT2D eigenvalue weighted by Crippen LogP contribution is -2.51. The van der Waals surface area contributed by atoms with Crippen molar-refractivity contribution < 1.29 is 28.9 Å². The van der Waals surface area contributed by atoms with Crippen LogP contribution in [0.4, 0.5) is 4.79 Å². The van der Waals surface area contributed by atoms with E-state index >= 15 is 0 Å². The van der Waals surface area contributed by atoms with Crippen molar-refractivity contribution in [2.24, 2.45) is 5.92 Å². The van der Waals surface area contributed by atoms with Crippen molar-refractivity contribution >= 4 is 12.0 Å². The van der Waals surface area contributed by atoms with E-state index in [2.05, 4.69) is 17.2 Å². The second-order valence-electron chi connectivity index (χ2n) is 6.47. The molecule has 2 heterocycles. The van der Waals surface area contributed by atoms with Gasteiger partial charge in [0.1, 0.15) is 18.3 Å². The minimum atomic E-state index is -0.823. The molecule has 3 N–H and O–H groups in total. The Kier molecular flexibility index (Phi) is 4.52. The first-order valence-corrected chi connectivity index (χ1v) is 8.61. The van der Waals surface area contributed by atoms with Gasteiger partial charge in [-0.15, -0.1) is 0 Å². The number of carbonyl (C=O) groups excluding carboxylic acids is 2. The zero-order valence-corrected chi connectivity index (χ0v) is 14.8. The number of amides is 2. The molecule has 2 aromatic rings. The van der Waals surface area contributed by atoms with Crippen LogP contribution < -0.4 is 20.1 Å². The van der Waals surface area contributed by atoms with Gasteiger partial charge >= 0.3 is 12.0 Å². The molecule has 0 unspecified atom stereocenters. The first-order chi connectivity index (χ1) is 13.5. The van der Waals surface area contributed by atoms with Crippen molar-refractivity contribution in [1.29, 1.82) is 0 Å². The smallest absolute Gasteiger partial charge is 0.319 e. The van der Waals surface area contributed by atoms with Gasteiger partial charge in [0, 0.05) is 5.70 Å². The van der Waals surface area contributed by atoms with Gasteiger partial charge in [-0.25, -0.2) is 4.79 Å². The predicted octanol–water partition coefficient (Wildman–Crippen LogP) is 2.35. The molecule has 1 fully saturated rings. The predicted molar refractivity (Wildman–Crippen MR) is 97.5 cm³/mol. The fourth-order valence-corrected chi connectivity index (χ4v) is 3.20. The van der Waals surface area contributed by atoms with Crippen LogP contribution >= 0.6 is 0 Å². The Labute approximate surface area is 160 Å². The summed E-state index contributed by atoms with van der Waals surface area (Å²) in [6, 6.07) is 10.4. The standard InChI is InChI=1S/C20H18N2O6/c1-11-17(18(22-20(25)21-11)13-3-5-14(23)6-4-13)19(24)26-9-12-2-7-15-16(8-12)28-10-27-15/h2-8,17-18,23H,1,9-10H2,(H2,21,22,25)/t17-,18-/m1/s1. The number of nitrogens with one attached hydrogen (secondary N) is 2. The highest BCUT2D eigenvalue weighted by Crippen LogP contribution is 2.34. The lowest BCUT2D eigenvalue weighted by atomic mass is 9.89. The van der Waals surface area contributed by atoms with Gasteiger partial charge in [-0.1, -0.05) is 24.8 Å². The number of phenols is 1. The van der Waals surface area contributed by atoms with Crippen molar-refractivity contribution in [3.63, 3.8) is 0 Å². The van der Waals surface area contributed by atoms with E-state index in [1.54, 1.807) is 30.3 Å². The quantitative estimate of drug-likeness (QED) is 0.701. The molecule has 8 heteroatoms. The molecule has 0 radical (unpaired) electrons. The van der Waals surface area contributed by atoms with E-state index in [1.165, 1.54) is 12.1 Å². The van der Waals surface area contributed by atoms with Crippen LogP contribution in [0.3, 0.4) is 0 Å². The molecule has 144 valence electrons. The Bertz CT molecular complexity index is 940. The van der Waals surface area contributed by atoms with Crippen LogP contribution in [-0.4, -0.2) is 23.9 Å². The third-order valence-corrected chi connectivity index (χ3v) is 4.59. The summed E-state index contributed by atoms with van der Waals surface area (Å²) in [5.41, 5.74) is 1.65. The maximum Gasteiger partial charge on any atom is 0.319 e. The topological polar surface area (TPSA) is 106 Å². The molecule has 2 atom stereocenters. The minimum absolute atomic E-state index is 0.0372. The number of hydrogen-bond acceptors (Lipinski definition) is 6. The molecule has 1 saturated heterocycles. The molecule has 2 aliphatic rings. The first kappa shape index (κ1) is 17.7. The van der Waals surface area contributed by atoms with Crippen molar-refractivity contribution in [3.8, 4) is 17.2 Å². The maximum atomic E-state index is 12.8. The molecule has 0 saturated carbocycles. The lowest BCUT2D eigenvalue weighted by molar-refractivity contribution is -0.149. The Morgan fingerprint density at radius 1 is 1.18 bits per heavy atom. The van der Waals surface area contributed by atoms with Gasteiger partial charge in [-0.05, 0) is 35.4 Å². The molecule has 0 aliphatic carbocycles. The molecule has 2 aromatic carbocycles. The number of rotatable bonds is 4. The number of ether oxygens (including phenoxy) is 3. The summed E-state index contributed by atoms with van der Waals surface area (Å²) < 4.78 is 16.1. The number of hydrogen-bond donors (Lipinski definition) is 3. The highest BCUT2D eigenvalue weighted by atomic mass is 16.7. The number of aromatic hydroxyl groups is 1. The zero-order valence-electron chi connectivity index (χ0n) is 14.8. The summed E-state index contributed by atoms with van der Waals surface area (Å²) in [4.78, 5) is 24.7. The van der Waals surface area contributed by atoms with Crippen molar-refractivity contribution in [2.45, 2.75) is 12.6 Å². The summed E-state index contributed by atoms with van der Waals surface area (Å²) in [6.07, 6.45) is 0. The molecule has 28 heavy (non-hydrogen) atoms. The van der Waals surface area contributed by atoms with Crippen LogP contribution in [0.2, 0.25) is 0 Å². The largest absolute Gasteiger partial charge is 0.508 e. The summed E-state index contributed by atoms with van der Waals surface area (Å²) in [6.45, 7) is 4.01. The molecule has 0 bridgehead atoms. The van der Waals surface area contributed by atoms with Gasteiger partial charge in [0.25, 0.3) is 0 Å². The molecule has 4 rings (SSSR count). The second-order valence-corrected chi connectivity index (χ2v) is 6.47. The van der Waals surface area contributed by atoms with Crippen LogP contribution in [0.25, 0.3) is 0 Å². The molecule has 2 aliphatic heterocycles. The fourth-order valence-electron chi connectivity index (χ4n) is 3.20. The monoisotopic (exact) mass is 382 g/mol. The number of carbonyl (C=O) groups is 2. The van der Waals surface area contributed by atoms with E-state index < -0.39 is 24.0 Å². The second kappa shape index (κ2) is 7.15. The van der Waals surface area contributed by atoms with E-state index in [0.717, 1.165) is 5.56 Å². The number of fused-ring (bicyclic) bond motifs is 1. The number of benzene rings is 2. The van der Waals surface area contributed by atoms with Gasteiger partial charge in [-0.3, -0.25) is 4.79 Å². The average molecular weight is 382 g/mol. The van der Waals surface area contributed by atoms with Crippen LogP contribution in [0.1, 0.15) is 17.2 Å². The normalized spacial score (nSPS) is 20.3. The van der Waals surface area contributed by atoms with Crippen LogP contribution in [0, 0.1) is 5.92 Å². The van der Waals surface area contributed by atoms with Gasteiger partial charge in [-0.2, -0.15) is 0 Å². The van der Waals surface area contributed by atoms with Gasteiger partial charge < -0.3 is 30.0 Å². The van der Waals surface area contributed by atoms with E-state index in [1.807, 2.05) is 0 Å². The highest BCUT2D eigenvalue weighted by Gasteiger charge is 2.39. The highest BCUT2D eigenvalue weighted by molar-refractivity contribution is 5.85.